The maximum absolute atomic E-state index is 6.05. The second-order valence-corrected chi connectivity index (χ2v) is 6.34. The molecular weight excluding hydrogens is 265 g/mol. The molecule has 3 heteroatoms. The standard InChI is InChI=1S/C15H21Cl2N/c1-3-6-15(7-8-15)10-18-11(2)12-4-5-13(16)14(17)9-12/h4-5,9,11,18H,3,6-8,10H2,1-2H3. The Bertz CT molecular complexity index is 413. The van der Waals surface area contributed by atoms with E-state index in [1.54, 1.807) is 0 Å². The van der Waals surface area contributed by atoms with E-state index in [0.29, 0.717) is 21.5 Å². The van der Waals surface area contributed by atoms with Gasteiger partial charge in [-0.25, -0.2) is 0 Å². The minimum absolute atomic E-state index is 0.328. The Morgan fingerprint density at radius 1 is 1.28 bits per heavy atom. The molecule has 1 aromatic carbocycles. The molecule has 1 unspecified atom stereocenters. The first kappa shape index (κ1) is 14.2. The molecule has 0 radical (unpaired) electrons. The smallest absolute Gasteiger partial charge is 0.0595 e. The van der Waals surface area contributed by atoms with E-state index in [-0.39, 0.29) is 0 Å². The van der Waals surface area contributed by atoms with Crippen LogP contribution >= 0.6 is 23.2 Å². The van der Waals surface area contributed by atoms with Crippen LogP contribution in [0.3, 0.4) is 0 Å². The van der Waals surface area contributed by atoms with Crippen molar-refractivity contribution < 1.29 is 0 Å². The van der Waals surface area contributed by atoms with E-state index >= 15 is 0 Å². The molecule has 100 valence electrons. The fraction of sp³-hybridized carbons (Fsp3) is 0.600. The summed E-state index contributed by atoms with van der Waals surface area (Å²) in [5, 5.41) is 4.89. The number of halogens is 2. The topological polar surface area (TPSA) is 12.0 Å². The second kappa shape index (κ2) is 5.81. The average molecular weight is 286 g/mol. The molecule has 1 saturated carbocycles. The minimum atomic E-state index is 0.328. The lowest BCUT2D eigenvalue weighted by molar-refractivity contribution is 0.397. The van der Waals surface area contributed by atoms with E-state index in [2.05, 4.69) is 19.2 Å². The van der Waals surface area contributed by atoms with Gasteiger partial charge in [-0.2, -0.15) is 0 Å². The Morgan fingerprint density at radius 3 is 2.56 bits per heavy atom. The van der Waals surface area contributed by atoms with Gasteiger partial charge in [-0.15, -0.1) is 0 Å². The number of benzene rings is 1. The van der Waals surface area contributed by atoms with Gasteiger partial charge in [0.25, 0.3) is 0 Å². The molecular formula is C15H21Cl2N. The molecule has 2 rings (SSSR count). The summed E-state index contributed by atoms with van der Waals surface area (Å²) >= 11 is 12.0. The largest absolute Gasteiger partial charge is 0.310 e. The van der Waals surface area contributed by atoms with Crippen LogP contribution in [0, 0.1) is 5.41 Å². The zero-order valence-corrected chi connectivity index (χ0v) is 12.6. The molecule has 1 atom stereocenters. The summed E-state index contributed by atoms with van der Waals surface area (Å²) in [7, 11) is 0. The Hall–Kier alpha value is -0.240. The number of rotatable bonds is 6. The molecule has 1 aliphatic rings. The third-order valence-corrected chi connectivity index (χ3v) is 4.70. The molecule has 0 aliphatic heterocycles. The van der Waals surface area contributed by atoms with Gasteiger partial charge in [0.2, 0.25) is 0 Å². The van der Waals surface area contributed by atoms with Gasteiger partial charge in [0.05, 0.1) is 10.0 Å². The summed E-state index contributed by atoms with van der Waals surface area (Å²) in [5.41, 5.74) is 1.79. The SMILES string of the molecule is CCCC1(CNC(C)c2ccc(Cl)c(Cl)c2)CC1. The highest BCUT2D eigenvalue weighted by atomic mass is 35.5. The van der Waals surface area contributed by atoms with Crippen molar-refractivity contribution in [2.45, 2.75) is 45.6 Å². The van der Waals surface area contributed by atoms with Gasteiger partial charge in [-0.05, 0) is 49.3 Å². The summed E-state index contributed by atoms with van der Waals surface area (Å²) in [6, 6.07) is 6.21. The molecule has 0 spiro atoms. The van der Waals surface area contributed by atoms with E-state index in [1.165, 1.54) is 31.2 Å². The third-order valence-electron chi connectivity index (χ3n) is 3.96. The van der Waals surface area contributed by atoms with Gasteiger partial charge in [0.15, 0.2) is 0 Å². The first-order valence-electron chi connectivity index (χ1n) is 6.75. The van der Waals surface area contributed by atoms with E-state index in [9.17, 15) is 0 Å². The first-order valence-corrected chi connectivity index (χ1v) is 7.50. The summed E-state index contributed by atoms with van der Waals surface area (Å²) in [6.45, 7) is 5.56. The van der Waals surface area contributed by atoms with E-state index < -0.39 is 0 Å². The van der Waals surface area contributed by atoms with Crippen LogP contribution in [0.2, 0.25) is 10.0 Å². The first-order chi connectivity index (χ1) is 8.56. The molecule has 1 nitrogen and oxygen atoms in total. The van der Waals surface area contributed by atoms with Crippen molar-refractivity contribution in [1.82, 2.24) is 5.32 Å². The molecule has 0 bridgehead atoms. The Balaban J connectivity index is 1.91. The molecule has 1 N–H and O–H groups in total. The number of nitrogens with one attached hydrogen (secondary N) is 1. The van der Waals surface area contributed by atoms with Gasteiger partial charge in [0.1, 0.15) is 0 Å². The van der Waals surface area contributed by atoms with Crippen LogP contribution in [0.4, 0.5) is 0 Å². The molecule has 0 heterocycles. The molecule has 0 aromatic heterocycles. The van der Waals surface area contributed by atoms with E-state index in [4.69, 9.17) is 23.2 Å². The zero-order chi connectivity index (χ0) is 13.2. The quantitative estimate of drug-likeness (QED) is 0.755. The van der Waals surface area contributed by atoms with Crippen molar-refractivity contribution in [2.24, 2.45) is 5.41 Å². The summed E-state index contributed by atoms with van der Waals surface area (Å²) < 4.78 is 0. The lowest BCUT2D eigenvalue weighted by atomic mass is 9.99. The lowest BCUT2D eigenvalue weighted by Crippen LogP contribution is -2.26. The van der Waals surface area contributed by atoms with Crippen LogP contribution in [0.5, 0.6) is 0 Å². The second-order valence-electron chi connectivity index (χ2n) is 5.53. The Kier molecular flexibility index (Phi) is 4.58. The molecule has 1 aliphatic carbocycles. The predicted molar refractivity (Wildman–Crippen MR) is 79.5 cm³/mol. The molecule has 18 heavy (non-hydrogen) atoms. The van der Waals surface area contributed by atoms with Crippen LogP contribution < -0.4 is 5.32 Å². The highest BCUT2D eigenvalue weighted by Gasteiger charge is 2.41. The van der Waals surface area contributed by atoms with Crippen molar-refractivity contribution in [3.63, 3.8) is 0 Å². The lowest BCUT2D eigenvalue weighted by Gasteiger charge is -2.20. The number of hydrogen-bond acceptors (Lipinski definition) is 1. The van der Waals surface area contributed by atoms with Crippen molar-refractivity contribution in [3.05, 3.63) is 33.8 Å². The summed E-state index contributed by atoms with van der Waals surface area (Å²) in [6.07, 6.45) is 5.38. The normalized spacial score (nSPS) is 18.7. The highest BCUT2D eigenvalue weighted by molar-refractivity contribution is 6.42. The predicted octanol–water partition coefficient (Wildman–Crippen LogP) is 5.22. The van der Waals surface area contributed by atoms with E-state index in [0.717, 1.165) is 6.54 Å². The minimum Gasteiger partial charge on any atom is -0.310 e. The fourth-order valence-electron chi connectivity index (χ4n) is 2.49. The highest BCUT2D eigenvalue weighted by Crippen LogP contribution is 2.49. The van der Waals surface area contributed by atoms with Gasteiger partial charge < -0.3 is 5.32 Å². The Morgan fingerprint density at radius 2 is 2.00 bits per heavy atom. The summed E-state index contributed by atoms with van der Waals surface area (Å²) in [5.74, 6) is 0. The van der Waals surface area contributed by atoms with Crippen LogP contribution in [0.15, 0.2) is 18.2 Å². The molecule has 0 amide bonds. The van der Waals surface area contributed by atoms with Gasteiger partial charge in [-0.3, -0.25) is 0 Å². The fourth-order valence-corrected chi connectivity index (χ4v) is 2.80. The van der Waals surface area contributed by atoms with Gasteiger partial charge in [0, 0.05) is 12.6 Å². The Labute approximate surface area is 120 Å². The van der Waals surface area contributed by atoms with Crippen molar-refractivity contribution in [1.29, 1.82) is 0 Å². The zero-order valence-electron chi connectivity index (χ0n) is 11.1. The van der Waals surface area contributed by atoms with Crippen molar-refractivity contribution in [2.75, 3.05) is 6.54 Å². The maximum atomic E-state index is 6.05. The van der Waals surface area contributed by atoms with Crippen molar-refractivity contribution in [3.8, 4) is 0 Å². The average Bonchev–Trinajstić information content (AvgIpc) is 3.11. The third kappa shape index (κ3) is 3.40. The maximum Gasteiger partial charge on any atom is 0.0595 e. The van der Waals surface area contributed by atoms with Crippen LogP contribution in [-0.4, -0.2) is 6.54 Å². The van der Waals surface area contributed by atoms with E-state index in [1.807, 2.05) is 18.2 Å². The van der Waals surface area contributed by atoms with Crippen LogP contribution in [0.25, 0.3) is 0 Å². The van der Waals surface area contributed by atoms with Crippen LogP contribution in [-0.2, 0) is 0 Å². The van der Waals surface area contributed by atoms with Crippen LogP contribution in [0.1, 0.15) is 51.1 Å². The monoisotopic (exact) mass is 285 g/mol. The molecule has 1 fully saturated rings. The van der Waals surface area contributed by atoms with Crippen molar-refractivity contribution >= 4 is 23.2 Å². The van der Waals surface area contributed by atoms with Gasteiger partial charge in [-0.1, -0.05) is 42.6 Å². The molecule has 1 aromatic rings. The number of hydrogen-bond donors (Lipinski definition) is 1. The molecule has 0 saturated heterocycles. The summed E-state index contributed by atoms with van der Waals surface area (Å²) in [4.78, 5) is 0. The van der Waals surface area contributed by atoms with Gasteiger partial charge >= 0.3 is 0 Å².